The van der Waals surface area contributed by atoms with Crippen molar-refractivity contribution in [2.45, 2.75) is 26.4 Å². The second-order valence-electron chi connectivity index (χ2n) is 6.19. The number of carbonyl (C=O) groups is 1. The van der Waals surface area contributed by atoms with E-state index < -0.39 is 0 Å². The summed E-state index contributed by atoms with van der Waals surface area (Å²) in [6.07, 6.45) is 0.718. The first-order valence-corrected chi connectivity index (χ1v) is 8.37. The van der Waals surface area contributed by atoms with Crippen molar-refractivity contribution in [2.75, 3.05) is 13.7 Å². The number of ether oxygens (including phenoxy) is 1. The molecule has 1 amide bonds. The van der Waals surface area contributed by atoms with Crippen molar-refractivity contribution in [3.63, 3.8) is 0 Å². The molecule has 0 unspecified atom stereocenters. The number of carbonyl (C=O) groups excluding carboxylic acids is 1. The SMILES string of the molecule is COc1cccc(-c2nc3c([nH]2)CN(C(=O)Cn2nnnc2C)CC3)c1. The Morgan fingerprint density at radius 2 is 2.27 bits per heavy atom. The van der Waals surface area contributed by atoms with Crippen LogP contribution >= 0.6 is 0 Å². The van der Waals surface area contributed by atoms with Gasteiger partial charge in [-0.15, -0.1) is 5.10 Å². The van der Waals surface area contributed by atoms with Crippen molar-refractivity contribution in [3.8, 4) is 17.1 Å². The summed E-state index contributed by atoms with van der Waals surface area (Å²) in [6, 6.07) is 7.75. The van der Waals surface area contributed by atoms with Crippen LogP contribution in [-0.4, -0.2) is 54.6 Å². The van der Waals surface area contributed by atoms with Crippen LogP contribution in [0.3, 0.4) is 0 Å². The van der Waals surface area contributed by atoms with Gasteiger partial charge in [-0.05, 0) is 29.5 Å². The predicted molar refractivity (Wildman–Crippen MR) is 92.3 cm³/mol. The summed E-state index contributed by atoms with van der Waals surface area (Å²) in [4.78, 5) is 22.4. The number of H-pyrrole nitrogens is 1. The van der Waals surface area contributed by atoms with E-state index in [9.17, 15) is 4.79 Å². The minimum atomic E-state index is -0.0106. The average molecular weight is 353 g/mol. The Morgan fingerprint density at radius 3 is 3.04 bits per heavy atom. The number of nitrogens with one attached hydrogen (secondary N) is 1. The molecule has 0 atom stereocenters. The molecule has 134 valence electrons. The summed E-state index contributed by atoms with van der Waals surface area (Å²) >= 11 is 0. The maximum absolute atomic E-state index is 12.5. The van der Waals surface area contributed by atoms with Gasteiger partial charge >= 0.3 is 0 Å². The van der Waals surface area contributed by atoms with E-state index in [2.05, 4.69) is 20.5 Å². The summed E-state index contributed by atoms with van der Waals surface area (Å²) in [7, 11) is 1.64. The molecule has 9 nitrogen and oxygen atoms in total. The molecular weight excluding hydrogens is 334 g/mol. The van der Waals surface area contributed by atoms with Crippen LogP contribution in [-0.2, 0) is 24.3 Å². The topological polar surface area (TPSA) is 102 Å². The van der Waals surface area contributed by atoms with Crippen LogP contribution in [0.5, 0.6) is 5.75 Å². The highest BCUT2D eigenvalue weighted by atomic mass is 16.5. The normalized spacial score (nSPS) is 13.5. The smallest absolute Gasteiger partial charge is 0.244 e. The predicted octanol–water partition coefficient (Wildman–Crippen LogP) is 0.965. The molecule has 2 aromatic heterocycles. The number of fused-ring (bicyclic) bond motifs is 1. The van der Waals surface area contributed by atoms with Crippen molar-refractivity contribution >= 4 is 5.91 Å². The number of imidazole rings is 1. The van der Waals surface area contributed by atoms with E-state index in [-0.39, 0.29) is 12.5 Å². The van der Waals surface area contributed by atoms with Gasteiger partial charge in [0.15, 0.2) is 0 Å². The summed E-state index contributed by atoms with van der Waals surface area (Å²) in [5, 5.41) is 11.2. The third kappa shape index (κ3) is 3.03. The number of nitrogens with zero attached hydrogens (tertiary/aromatic N) is 6. The second kappa shape index (κ2) is 6.58. The fraction of sp³-hybridized carbons (Fsp3) is 0.353. The highest BCUT2D eigenvalue weighted by Crippen LogP contribution is 2.25. The standard InChI is InChI=1S/C17H19N7O2/c1-11-20-21-22-24(11)10-16(25)23-7-6-14-15(9-23)19-17(18-14)12-4-3-5-13(8-12)26-2/h3-5,8H,6-7,9-10H2,1-2H3,(H,18,19). The Bertz CT molecular complexity index is 946. The monoisotopic (exact) mass is 353 g/mol. The molecular formula is C17H19N7O2. The Morgan fingerprint density at radius 1 is 1.38 bits per heavy atom. The fourth-order valence-corrected chi connectivity index (χ4v) is 3.04. The van der Waals surface area contributed by atoms with Crippen LogP contribution < -0.4 is 4.74 Å². The van der Waals surface area contributed by atoms with E-state index in [4.69, 9.17) is 9.72 Å². The van der Waals surface area contributed by atoms with E-state index in [1.165, 1.54) is 4.68 Å². The fourth-order valence-electron chi connectivity index (χ4n) is 3.04. The van der Waals surface area contributed by atoms with Crippen molar-refractivity contribution in [1.29, 1.82) is 0 Å². The summed E-state index contributed by atoms with van der Waals surface area (Å²) < 4.78 is 6.78. The Balaban J connectivity index is 1.51. The van der Waals surface area contributed by atoms with Gasteiger partial charge in [0.05, 0.1) is 25.0 Å². The van der Waals surface area contributed by atoms with Gasteiger partial charge in [0.1, 0.15) is 23.9 Å². The van der Waals surface area contributed by atoms with E-state index in [0.29, 0.717) is 18.9 Å². The molecule has 9 heteroatoms. The first-order valence-electron chi connectivity index (χ1n) is 8.37. The number of amides is 1. The van der Waals surface area contributed by atoms with Gasteiger partial charge < -0.3 is 14.6 Å². The molecule has 0 fully saturated rings. The molecule has 0 aliphatic carbocycles. The number of tetrazole rings is 1. The third-order valence-electron chi connectivity index (χ3n) is 4.52. The second-order valence-corrected chi connectivity index (χ2v) is 6.19. The van der Waals surface area contributed by atoms with Gasteiger partial charge in [-0.25, -0.2) is 9.67 Å². The number of aryl methyl sites for hydroxylation is 1. The lowest BCUT2D eigenvalue weighted by molar-refractivity contribution is -0.133. The Kier molecular flexibility index (Phi) is 4.11. The molecule has 4 rings (SSSR count). The molecule has 1 aliphatic rings. The zero-order valence-electron chi connectivity index (χ0n) is 14.6. The lowest BCUT2D eigenvalue weighted by Gasteiger charge is -2.26. The number of aromatic nitrogens is 6. The molecule has 26 heavy (non-hydrogen) atoms. The van der Waals surface area contributed by atoms with Crippen LogP contribution in [0.1, 0.15) is 17.2 Å². The maximum Gasteiger partial charge on any atom is 0.244 e. The number of hydrogen-bond donors (Lipinski definition) is 1. The molecule has 0 bridgehead atoms. The van der Waals surface area contributed by atoms with Gasteiger partial charge in [0.2, 0.25) is 5.91 Å². The van der Waals surface area contributed by atoms with Gasteiger partial charge in [-0.2, -0.15) is 0 Å². The van der Waals surface area contributed by atoms with Crippen molar-refractivity contribution < 1.29 is 9.53 Å². The van der Waals surface area contributed by atoms with Gasteiger partial charge in [-0.1, -0.05) is 12.1 Å². The van der Waals surface area contributed by atoms with Gasteiger partial charge in [-0.3, -0.25) is 4.79 Å². The lowest BCUT2D eigenvalue weighted by Crippen LogP contribution is -2.38. The molecule has 0 saturated heterocycles. The van der Waals surface area contributed by atoms with Crippen LogP contribution in [0.25, 0.3) is 11.4 Å². The van der Waals surface area contributed by atoms with Crippen LogP contribution in [0.2, 0.25) is 0 Å². The number of rotatable bonds is 4. The maximum atomic E-state index is 12.5. The number of methoxy groups -OCH3 is 1. The largest absolute Gasteiger partial charge is 0.497 e. The molecule has 3 heterocycles. The van der Waals surface area contributed by atoms with Crippen LogP contribution in [0.15, 0.2) is 24.3 Å². The third-order valence-corrected chi connectivity index (χ3v) is 4.52. The number of benzene rings is 1. The van der Waals surface area contributed by atoms with Crippen LogP contribution in [0, 0.1) is 6.92 Å². The van der Waals surface area contributed by atoms with E-state index in [1.54, 1.807) is 18.9 Å². The first kappa shape index (κ1) is 16.2. The molecule has 1 aliphatic heterocycles. The molecule has 0 spiro atoms. The Labute approximate surface area is 150 Å². The lowest BCUT2D eigenvalue weighted by atomic mass is 10.1. The molecule has 1 aromatic carbocycles. The average Bonchev–Trinajstić information content (AvgIpc) is 3.27. The number of hydrogen-bond acceptors (Lipinski definition) is 6. The van der Waals surface area contributed by atoms with Crippen LogP contribution in [0.4, 0.5) is 0 Å². The van der Waals surface area contributed by atoms with Crippen molar-refractivity contribution in [3.05, 3.63) is 41.5 Å². The number of aromatic amines is 1. The van der Waals surface area contributed by atoms with E-state index >= 15 is 0 Å². The van der Waals surface area contributed by atoms with Crippen molar-refractivity contribution in [2.24, 2.45) is 0 Å². The highest BCUT2D eigenvalue weighted by Gasteiger charge is 2.24. The summed E-state index contributed by atoms with van der Waals surface area (Å²) in [6.45, 7) is 3.06. The Hall–Kier alpha value is -3.23. The quantitative estimate of drug-likeness (QED) is 0.750. The minimum Gasteiger partial charge on any atom is -0.497 e. The zero-order valence-corrected chi connectivity index (χ0v) is 14.6. The van der Waals surface area contributed by atoms with E-state index in [1.807, 2.05) is 24.3 Å². The van der Waals surface area contributed by atoms with Crippen molar-refractivity contribution in [1.82, 2.24) is 35.1 Å². The summed E-state index contributed by atoms with van der Waals surface area (Å²) in [5.41, 5.74) is 2.93. The first-order chi connectivity index (χ1) is 12.6. The molecule has 0 radical (unpaired) electrons. The molecule has 0 saturated carbocycles. The molecule has 1 N–H and O–H groups in total. The van der Waals surface area contributed by atoms with Gasteiger partial charge in [0.25, 0.3) is 0 Å². The molecule has 3 aromatic rings. The highest BCUT2D eigenvalue weighted by molar-refractivity contribution is 5.76. The zero-order chi connectivity index (χ0) is 18.1. The van der Waals surface area contributed by atoms with E-state index in [0.717, 1.165) is 34.9 Å². The van der Waals surface area contributed by atoms with Gasteiger partial charge in [0, 0.05) is 18.5 Å². The minimum absolute atomic E-state index is 0.0106. The summed E-state index contributed by atoms with van der Waals surface area (Å²) in [5.74, 6) is 2.19.